The Bertz CT molecular complexity index is 825. The molecule has 41 heavy (non-hydrogen) atoms. The number of aliphatic hydroxyl groups excluding tert-OH is 1. The maximum Gasteiger partial charge on any atom is 0.333 e. The van der Waals surface area contributed by atoms with Crippen LogP contribution in [0.3, 0.4) is 0 Å². The van der Waals surface area contributed by atoms with Crippen molar-refractivity contribution in [2.75, 3.05) is 33.5 Å². The van der Waals surface area contributed by atoms with Crippen LogP contribution in [0.5, 0.6) is 0 Å². The van der Waals surface area contributed by atoms with Gasteiger partial charge in [-0.05, 0) is 40.5 Å². The second kappa shape index (κ2) is 34.0. The molecular weight excluding hydrogens is 536 g/mol. The SMILES string of the molecule is C=C(C)C(=O)O.C=C(C)C(=O)OC.C=C(C)C(=O)OCCCC.C=C(C)C(=O)OCCO.C=CC(=O)OCCCC. The second-order valence-electron chi connectivity index (χ2n) is 7.99. The van der Waals surface area contributed by atoms with Crippen molar-refractivity contribution < 1.29 is 53.1 Å². The fraction of sp³-hybridized carbons (Fsp3) is 0.500. The van der Waals surface area contributed by atoms with Crippen molar-refractivity contribution >= 4 is 29.8 Å². The maximum absolute atomic E-state index is 10.7. The van der Waals surface area contributed by atoms with Crippen LogP contribution in [0, 0.1) is 0 Å². The van der Waals surface area contributed by atoms with E-state index in [4.69, 9.17) is 14.9 Å². The summed E-state index contributed by atoms with van der Waals surface area (Å²) in [5.41, 5.74) is 1.43. The highest BCUT2D eigenvalue weighted by Crippen LogP contribution is 1.94. The van der Waals surface area contributed by atoms with Crippen molar-refractivity contribution in [2.45, 2.75) is 67.2 Å². The number of rotatable bonds is 13. The average molecular weight is 587 g/mol. The second-order valence-corrected chi connectivity index (χ2v) is 7.99. The molecule has 0 aliphatic carbocycles. The van der Waals surface area contributed by atoms with Crippen LogP contribution in [0.1, 0.15) is 67.2 Å². The fourth-order valence-corrected chi connectivity index (χ4v) is 1.24. The number of unbranched alkanes of at least 4 members (excludes halogenated alkanes) is 2. The summed E-state index contributed by atoms with van der Waals surface area (Å²) in [4.78, 5) is 51.3. The quantitative estimate of drug-likeness (QED) is 0.131. The van der Waals surface area contributed by atoms with Gasteiger partial charge in [0.25, 0.3) is 0 Å². The van der Waals surface area contributed by atoms with E-state index in [-0.39, 0.29) is 36.7 Å². The number of aliphatic carboxylic acids is 1. The van der Waals surface area contributed by atoms with Crippen LogP contribution in [0.15, 0.2) is 61.3 Å². The molecule has 0 heterocycles. The van der Waals surface area contributed by atoms with Crippen molar-refractivity contribution in [1.82, 2.24) is 0 Å². The molecule has 0 amide bonds. The summed E-state index contributed by atoms with van der Waals surface area (Å²) in [6.07, 6.45) is 5.13. The Balaban J connectivity index is -0.000000133. The zero-order chi connectivity index (χ0) is 33.4. The molecule has 0 rings (SSSR count). The highest BCUT2D eigenvalue weighted by atomic mass is 16.5. The minimum Gasteiger partial charge on any atom is -0.478 e. The van der Waals surface area contributed by atoms with Crippen LogP contribution in [-0.2, 0) is 42.9 Å². The summed E-state index contributed by atoms with van der Waals surface area (Å²) in [6.45, 7) is 27.9. The molecule has 0 aromatic rings. The van der Waals surface area contributed by atoms with Gasteiger partial charge in [0.15, 0.2) is 0 Å². The normalized spacial score (nSPS) is 8.39. The van der Waals surface area contributed by atoms with E-state index in [9.17, 15) is 24.0 Å². The van der Waals surface area contributed by atoms with E-state index in [1.165, 1.54) is 20.1 Å². The topological polar surface area (TPSA) is 163 Å². The van der Waals surface area contributed by atoms with Crippen LogP contribution in [0.2, 0.25) is 0 Å². The number of carboxylic acid groups (broad SMARTS) is 1. The van der Waals surface area contributed by atoms with E-state index in [0.717, 1.165) is 25.7 Å². The van der Waals surface area contributed by atoms with E-state index in [1.807, 2.05) is 6.92 Å². The first-order chi connectivity index (χ1) is 19.0. The Morgan fingerprint density at radius 1 is 0.659 bits per heavy atom. The smallest absolute Gasteiger partial charge is 0.333 e. The molecule has 2 N–H and O–H groups in total. The Morgan fingerprint density at radius 2 is 1.00 bits per heavy atom. The summed E-state index contributed by atoms with van der Waals surface area (Å²) in [5, 5.41) is 16.1. The highest BCUT2D eigenvalue weighted by molar-refractivity contribution is 5.87. The summed E-state index contributed by atoms with van der Waals surface area (Å²) in [6, 6.07) is 0. The van der Waals surface area contributed by atoms with Gasteiger partial charge in [-0.3, -0.25) is 0 Å². The Hall–Kier alpha value is -3.99. The third-order valence-corrected chi connectivity index (χ3v) is 3.56. The van der Waals surface area contributed by atoms with Crippen LogP contribution in [-0.4, -0.2) is 73.6 Å². The summed E-state index contributed by atoms with van der Waals surface area (Å²) in [5.74, 6) is -2.35. The van der Waals surface area contributed by atoms with Gasteiger partial charge in [-0.2, -0.15) is 0 Å². The molecule has 0 unspecified atom stereocenters. The van der Waals surface area contributed by atoms with E-state index in [2.05, 4.69) is 54.0 Å². The molecule has 0 aliphatic heterocycles. The van der Waals surface area contributed by atoms with Gasteiger partial charge in [0.05, 0.1) is 26.9 Å². The number of hydrogen-bond donors (Lipinski definition) is 2. The molecular formula is C30H50O11. The molecule has 236 valence electrons. The predicted octanol–water partition coefficient (Wildman–Crippen LogP) is 4.90. The standard InChI is InChI=1S/C8H14O2.C7H12O2.C6H10O3.C5H8O2.C4H6O2/c1-4-5-6-10-8(9)7(2)3;1-3-5-6-9-7(8)4-2;1-5(2)6(8)9-4-3-7;1-4(2)5(6)7-3;1-3(2)4(5)6/h2,4-6H2,1,3H3;4H,2-3,5-6H2,1H3;7H,1,3-4H2,2H3;1H2,2-3H3;1H2,2H3,(H,5,6). The van der Waals surface area contributed by atoms with Gasteiger partial charge in [0, 0.05) is 28.4 Å². The third-order valence-electron chi connectivity index (χ3n) is 3.56. The van der Waals surface area contributed by atoms with Crippen LogP contribution < -0.4 is 0 Å². The van der Waals surface area contributed by atoms with E-state index < -0.39 is 11.9 Å². The molecule has 0 spiro atoms. The van der Waals surface area contributed by atoms with Gasteiger partial charge in [-0.1, -0.05) is 59.6 Å². The van der Waals surface area contributed by atoms with Crippen LogP contribution in [0.25, 0.3) is 0 Å². The Kier molecular flexibility index (Phi) is 38.9. The number of esters is 4. The molecule has 0 saturated heterocycles. The molecule has 0 radical (unpaired) electrons. The first kappa shape index (κ1) is 46.8. The predicted molar refractivity (Wildman–Crippen MR) is 159 cm³/mol. The molecule has 0 bridgehead atoms. The lowest BCUT2D eigenvalue weighted by molar-refractivity contribution is -0.140. The van der Waals surface area contributed by atoms with E-state index in [1.54, 1.807) is 20.8 Å². The molecule has 0 aliphatic rings. The largest absolute Gasteiger partial charge is 0.478 e. The molecule has 0 atom stereocenters. The maximum atomic E-state index is 10.7. The number of ether oxygens (including phenoxy) is 4. The molecule has 0 saturated carbocycles. The van der Waals surface area contributed by atoms with Crippen molar-refractivity contribution in [2.24, 2.45) is 0 Å². The monoisotopic (exact) mass is 586 g/mol. The summed E-state index contributed by atoms with van der Waals surface area (Å²) in [7, 11) is 1.33. The number of aliphatic hydroxyl groups is 1. The van der Waals surface area contributed by atoms with Crippen molar-refractivity contribution in [3.63, 3.8) is 0 Å². The number of methoxy groups -OCH3 is 1. The van der Waals surface area contributed by atoms with Crippen LogP contribution >= 0.6 is 0 Å². The summed E-state index contributed by atoms with van der Waals surface area (Å²) < 4.78 is 18.2. The van der Waals surface area contributed by atoms with Crippen molar-refractivity contribution in [3.8, 4) is 0 Å². The lowest BCUT2D eigenvalue weighted by Crippen LogP contribution is -2.08. The number of carbonyl (C=O) groups is 5. The van der Waals surface area contributed by atoms with Gasteiger partial charge < -0.3 is 29.2 Å². The van der Waals surface area contributed by atoms with Gasteiger partial charge in [0.2, 0.25) is 0 Å². The highest BCUT2D eigenvalue weighted by Gasteiger charge is 2.01. The lowest BCUT2D eigenvalue weighted by atomic mass is 10.3. The van der Waals surface area contributed by atoms with Crippen molar-refractivity contribution in [1.29, 1.82) is 0 Å². The fourth-order valence-electron chi connectivity index (χ4n) is 1.24. The molecule has 0 aromatic carbocycles. The minimum atomic E-state index is -0.935. The van der Waals surface area contributed by atoms with Gasteiger partial charge in [0.1, 0.15) is 6.61 Å². The molecule has 0 fully saturated rings. The lowest BCUT2D eigenvalue weighted by Gasteiger charge is -2.01. The summed E-state index contributed by atoms with van der Waals surface area (Å²) >= 11 is 0. The zero-order valence-corrected chi connectivity index (χ0v) is 25.8. The molecule has 11 nitrogen and oxygen atoms in total. The Labute approximate surface area is 245 Å². The Morgan fingerprint density at radius 3 is 1.22 bits per heavy atom. The number of hydrogen-bond acceptors (Lipinski definition) is 10. The number of carboxylic acids is 1. The van der Waals surface area contributed by atoms with Crippen molar-refractivity contribution in [3.05, 3.63) is 61.3 Å². The van der Waals surface area contributed by atoms with E-state index in [0.29, 0.717) is 29.9 Å². The van der Waals surface area contributed by atoms with Gasteiger partial charge in [-0.15, -0.1) is 0 Å². The number of carbonyl (C=O) groups excluding carboxylic acids is 4. The zero-order valence-electron chi connectivity index (χ0n) is 25.8. The van der Waals surface area contributed by atoms with Crippen LogP contribution in [0.4, 0.5) is 0 Å². The third kappa shape index (κ3) is 46.2. The first-order valence-corrected chi connectivity index (χ1v) is 12.7. The van der Waals surface area contributed by atoms with E-state index >= 15 is 0 Å². The minimum absolute atomic E-state index is 0.0473. The molecule has 0 aromatic heterocycles. The average Bonchev–Trinajstić information content (AvgIpc) is 2.92. The van der Waals surface area contributed by atoms with Gasteiger partial charge >= 0.3 is 29.8 Å². The molecule has 11 heteroatoms. The first-order valence-electron chi connectivity index (χ1n) is 12.7. The van der Waals surface area contributed by atoms with Gasteiger partial charge in [-0.25, -0.2) is 24.0 Å².